The minimum Gasteiger partial charge on any atom is -0.303 e. The van der Waals surface area contributed by atoms with Crippen LogP contribution in [0.1, 0.15) is 19.3 Å². The molecule has 0 fully saturated rings. The van der Waals surface area contributed by atoms with Gasteiger partial charge in [0.1, 0.15) is 6.29 Å². The molecule has 3 nitrogen and oxygen atoms in total. The first kappa shape index (κ1) is 9.57. The summed E-state index contributed by atoms with van der Waals surface area (Å²) in [4.78, 5) is 20.4. The number of nitriles is 1. The maximum atomic E-state index is 10.6. The second-order valence-electron chi connectivity index (χ2n) is 1.95. The molecule has 11 heavy (non-hydrogen) atoms. The van der Waals surface area contributed by atoms with Crippen molar-refractivity contribution < 1.29 is 9.59 Å². The zero-order valence-corrected chi connectivity index (χ0v) is 6.12. The van der Waals surface area contributed by atoms with Crippen LogP contribution in [-0.2, 0) is 9.59 Å². The Morgan fingerprint density at radius 2 is 2.18 bits per heavy atom. The van der Waals surface area contributed by atoms with Crippen LogP contribution in [0.2, 0.25) is 0 Å². The normalized spacial score (nSPS) is 9.36. The van der Waals surface area contributed by atoms with Gasteiger partial charge in [0.25, 0.3) is 0 Å². The topological polar surface area (TPSA) is 57.9 Å². The van der Waals surface area contributed by atoms with Gasteiger partial charge < -0.3 is 4.79 Å². The van der Waals surface area contributed by atoms with Crippen molar-refractivity contribution in [2.45, 2.75) is 19.3 Å². The highest BCUT2D eigenvalue weighted by atomic mass is 16.1. The van der Waals surface area contributed by atoms with Crippen molar-refractivity contribution in [2.24, 2.45) is 0 Å². The van der Waals surface area contributed by atoms with Gasteiger partial charge in [-0.1, -0.05) is 6.08 Å². The van der Waals surface area contributed by atoms with Crippen LogP contribution in [0.15, 0.2) is 12.2 Å². The largest absolute Gasteiger partial charge is 0.303 e. The Hall–Kier alpha value is -1.43. The summed E-state index contributed by atoms with van der Waals surface area (Å²) < 4.78 is 0. The quantitative estimate of drug-likeness (QED) is 0.334. The van der Waals surface area contributed by atoms with E-state index in [2.05, 4.69) is 0 Å². The van der Waals surface area contributed by atoms with Crippen LogP contribution in [0, 0.1) is 11.3 Å². The molecule has 0 atom stereocenters. The third kappa shape index (κ3) is 6.46. The van der Waals surface area contributed by atoms with Gasteiger partial charge in [-0.15, -0.1) is 0 Å². The Labute approximate surface area is 65.3 Å². The number of hydrogen-bond acceptors (Lipinski definition) is 3. The number of carbonyl (C=O) groups is 2. The van der Waals surface area contributed by atoms with Gasteiger partial charge in [0.05, 0.1) is 12.5 Å². The molecule has 0 amide bonds. The number of unbranched alkanes of at least 4 members (excludes halogenated alkanes) is 1. The van der Waals surface area contributed by atoms with Gasteiger partial charge in [0.2, 0.25) is 0 Å². The van der Waals surface area contributed by atoms with Crippen LogP contribution < -0.4 is 0 Å². The summed E-state index contributed by atoms with van der Waals surface area (Å²) >= 11 is 0. The van der Waals surface area contributed by atoms with Gasteiger partial charge in [-0.3, -0.25) is 4.79 Å². The Kier molecular flexibility index (Phi) is 5.82. The van der Waals surface area contributed by atoms with Gasteiger partial charge in [-0.05, 0) is 12.5 Å². The molecule has 0 saturated carbocycles. The molecule has 0 rings (SSSR count). The zero-order chi connectivity index (χ0) is 8.53. The van der Waals surface area contributed by atoms with Crippen molar-refractivity contribution in [3.8, 4) is 6.07 Å². The van der Waals surface area contributed by atoms with Crippen molar-refractivity contribution in [3.63, 3.8) is 0 Å². The van der Waals surface area contributed by atoms with Crippen molar-refractivity contribution in [3.05, 3.63) is 12.2 Å². The van der Waals surface area contributed by atoms with Gasteiger partial charge >= 0.3 is 0 Å². The average Bonchev–Trinajstić information content (AvgIpc) is 1.99. The van der Waals surface area contributed by atoms with E-state index in [-0.39, 0.29) is 12.2 Å². The molecule has 58 valence electrons. The molecular weight excluding hydrogens is 142 g/mol. The van der Waals surface area contributed by atoms with E-state index in [4.69, 9.17) is 5.26 Å². The van der Waals surface area contributed by atoms with Crippen LogP contribution in [0.5, 0.6) is 0 Å². The van der Waals surface area contributed by atoms with Crippen LogP contribution in [0.4, 0.5) is 0 Å². The fourth-order valence-corrected chi connectivity index (χ4v) is 0.516. The predicted octanol–water partition coefficient (Wildman–Crippen LogP) is 1.00. The molecule has 0 aromatic carbocycles. The highest BCUT2D eigenvalue weighted by Crippen LogP contribution is 1.89. The molecule has 0 aromatic heterocycles. The summed E-state index contributed by atoms with van der Waals surface area (Å²) in [5.41, 5.74) is 0. The van der Waals surface area contributed by atoms with Gasteiger partial charge in [-0.25, -0.2) is 0 Å². The second kappa shape index (κ2) is 6.69. The SMILES string of the molecule is N#CCC(=O)/C=C\CCC=O. The molecule has 0 radical (unpaired) electrons. The summed E-state index contributed by atoms with van der Waals surface area (Å²) in [6.45, 7) is 0. The number of nitrogens with zero attached hydrogens (tertiary/aromatic N) is 1. The number of carbonyl (C=O) groups excluding carboxylic acids is 2. The molecule has 0 aliphatic carbocycles. The maximum absolute atomic E-state index is 10.6. The Balaban J connectivity index is 3.49. The first-order chi connectivity index (χ1) is 5.31. The molecule has 0 bridgehead atoms. The summed E-state index contributed by atoms with van der Waals surface area (Å²) in [6.07, 6.45) is 4.65. The molecule has 0 spiro atoms. The standard InChI is InChI=1S/C8H9NO2/c9-6-5-8(11)4-2-1-3-7-10/h2,4,7H,1,3,5H2/b4-2-. The zero-order valence-electron chi connectivity index (χ0n) is 6.12. The minimum atomic E-state index is -0.210. The Morgan fingerprint density at radius 1 is 1.45 bits per heavy atom. The van der Waals surface area contributed by atoms with Crippen LogP contribution in [-0.4, -0.2) is 12.1 Å². The molecule has 0 saturated heterocycles. The Bertz CT molecular complexity index is 201. The van der Waals surface area contributed by atoms with E-state index in [1.54, 1.807) is 12.1 Å². The minimum absolute atomic E-state index is 0.0857. The summed E-state index contributed by atoms with van der Waals surface area (Å²) in [5, 5.41) is 8.08. The fraction of sp³-hybridized carbons (Fsp3) is 0.375. The van der Waals surface area contributed by atoms with Crippen molar-refractivity contribution in [1.29, 1.82) is 5.26 Å². The highest BCUT2D eigenvalue weighted by Gasteiger charge is 1.91. The number of ketones is 1. The van der Waals surface area contributed by atoms with Gasteiger partial charge in [0, 0.05) is 6.42 Å². The summed E-state index contributed by atoms with van der Waals surface area (Å²) in [6, 6.07) is 1.74. The van der Waals surface area contributed by atoms with Gasteiger partial charge in [0.15, 0.2) is 5.78 Å². The van der Waals surface area contributed by atoms with E-state index < -0.39 is 0 Å². The fourth-order valence-electron chi connectivity index (χ4n) is 0.516. The first-order valence-corrected chi connectivity index (χ1v) is 3.31. The monoisotopic (exact) mass is 151 g/mol. The molecule has 0 aromatic rings. The van der Waals surface area contributed by atoms with Crippen LogP contribution in [0.3, 0.4) is 0 Å². The third-order valence-corrected chi connectivity index (χ3v) is 1.01. The number of allylic oxidation sites excluding steroid dienone is 2. The maximum Gasteiger partial charge on any atom is 0.169 e. The average molecular weight is 151 g/mol. The van der Waals surface area contributed by atoms with E-state index in [0.717, 1.165) is 6.29 Å². The van der Waals surface area contributed by atoms with E-state index in [9.17, 15) is 9.59 Å². The van der Waals surface area contributed by atoms with Crippen molar-refractivity contribution in [2.75, 3.05) is 0 Å². The number of hydrogen-bond donors (Lipinski definition) is 0. The molecule has 0 unspecified atom stereocenters. The number of rotatable bonds is 5. The van der Waals surface area contributed by atoms with Crippen LogP contribution >= 0.6 is 0 Å². The Morgan fingerprint density at radius 3 is 2.73 bits per heavy atom. The first-order valence-electron chi connectivity index (χ1n) is 3.31. The summed E-state index contributed by atoms with van der Waals surface area (Å²) in [7, 11) is 0. The molecule has 3 heteroatoms. The molecule has 0 aliphatic rings. The van der Waals surface area contributed by atoms with Gasteiger partial charge in [-0.2, -0.15) is 5.26 Å². The molecule has 0 aliphatic heterocycles. The second-order valence-corrected chi connectivity index (χ2v) is 1.95. The predicted molar refractivity (Wildman–Crippen MR) is 39.7 cm³/mol. The number of aldehydes is 1. The summed E-state index contributed by atoms with van der Waals surface area (Å²) in [5.74, 6) is -0.210. The lowest BCUT2D eigenvalue weighted by molar-refractivity contribution is -0.113. The third-order valence-electron chi connectivity index (χ3n) is 1.01. The van der Waals surface area contributed by atoms with Crippen LogP contribution in [0.25, 0.3) is 0 Å². The lowest BCUT2D eigenvalue weighted by Crippen LogP contribution is -1.88. The van der Waals surface area contributed by atoms with Crippen molar-refractivity contribution >= 4 is 12.1 Å². The highest BCUT2D eigenvalue weighted by molar-refractivity contribution is 5.91. The lowest BCUT2D eigenvalue weighted by Gasteiger charge is -1.82. The smallest absolute Gasteiger partial charge is 0.169 e. The molecule has 0 N–H and O–H groups in total. The molecular formula is C8H9NO2. The van der Waals surface area contributed by atoms with Crippen molar-refractivity contribution in [1.82, 2.24) is 0 Å². The molecule has 0 heterocycles. The van der Waals surface area contributed by atoms with E-state index in [1.165, 1.54) is 6.08 Å². The van der Waals surface area contributed by atoms with E-state index in [1.807, 2.05) is 0 Å². The van der Waals surface area contributed by atoms with E-state index in [0.29, 0.717) is 12.8 Å². The van der Waals surface area contributed by atoms with E-state index >= 15 is 0 Å². The lowest BCUT2D eigenvalue weighted by atomic mass is 10.2.